The molecule has 67 heavy (non-hydrogen) atoms. The summed E-state index contributed by atoms with van der Waals surface area (Å²) in [7, 11) is 0. The quantitative estimate of drug-likeness (QED) is 0.0763. The lowest BCUT2D eigenvalue weighted by molar-refractivity contribution is -0.180. The molecule has 0 saturated heterocycles. The molecular weight excluding hydrogens is 885 g/mol. The van der Waals surface area contributed by atoms with Crippen LogP contribution >= 0.6 is 0 Å². The van der Waals surface area contributed by atoms with E-state index in [4.69, 9.17) is 24.1 Å². The van der Waals surface area contributed by atoms with Crippen molar-refractivity contribution in [2.75, 3.05) is 46.0 Å². The number of ether oxygens (including phenoxy) is 6. The van der Waals surface area contributed by atoms with Gasteiger partial charge in [0.05, 0.1) is 19.8 Å². The number of amides is 3. The number of esters is 6. The maximum absolute atomic E-state index is 11.6. The van der Waals surface area contributed by atoms with Gasteiger partial charge in [-0.1, -0.05) is 78.2 Å². The van der Waals surface area contributed by atoms with E-state index < -0.39 is 52.6 Å². The zero-order chi connectivity index (χ0) is 49.8. The van der Waals surface area contributed by atoms with Crippen LogP contribution < -0.4 is 16.0 Å². The maximum atomic E-state index is 11.6. The molecule has 1 rings (SSSR count). The predicted molar refractivity (Wildman–Crippen MR) is 254 cm³/mol. The largest absolute Gasteiger partial charge is 0.480 e. The zero-order valence-electron chi connectivity index (χ0n) is 39.3. The molecule has 0 saturated carbocycles. The molecule has 0 aromatic heterocycles. The van der Waals surface area contributed by atoms with Crippen LogP contribution in [-0.2, 0) is 76.4 Å². The van der Waals surface area contributed by atoms with E-state index in [1.54, 1.807) is 62.3 Å². The van der Waals surface area contributed by atoms with Crippen LogP contribution in [0.2, 0.25) is 0 Å². The Kier molecular flexibility index (Phi) is 51.8. The van der Waals surface area contributed by atoms with Crippen molar-refractivity contribution in [2.45, 2.75) is 181 Å². The van der Waals surface area contributed by atoms with Crippen LogP contribution in [-0.4, -0.2) is 138 Å². The van der Waals surface area contributed by atoms with E-state index in [-0.39, 0.29) is 106 Å². The van der Waals surface area contributed by atoms with Gasteiger partial charge >= 0.3 is 41.8 Å². The highest BCUT2D eigenvalue weighted by Gasteiger charge is 2.38. The number of cyclic esters (lactones) is 1. The van der Waals surface area contributed by atoms with Crippen LogP contribution in [0.1, 0.15) is 165 Å². The second-order valence-electron chi connectivity index (χ2n) is 13.2. The Bertz CT molecular complexity index is 1440. The van der Waals surface area contributed by atoms with Crippen molar-refractivity contribution in [1.82, 2.24) is 16.0 Å². The second kappa shape index (κ2) is 44.2. The monoisotopic (exact) mass is 973 g/mol. The van der Waals surface area contributed by atoms with Crippen LogP contribution in [0, 0.1) is 0 Å². The average Bonchev–Trinajstić information content (AvgIpc) is 3.69. The van der Waals surface area contributed by atoms with Gasteiger partial charge in [0.15, 0.2) is 11.5 Å². The topological polar surface area (TPSA) is 315 Å². The molecule has 1 aliphatic heterocycles. The molecule has 0 aromatic rings. The Morgan fingerprint density at radius 3 is 1.12 bits per heavy atom. The summed E-state index contributed by atoms with van der Waals surface area (Å²) in [5.74, 6) is -4.44. The third-order valence-corrected chi connectivity index (χ3v) is 8.02. The van der Waals surface area contributed by atoms with E-state index in [1.165, 1.54) is 20.8 Å². The van der Waals surface area contributed by atoms with Gasteiger partial charge in [0.25, 0.3) is 0 Å². The molecule has 0 bridgehead atoms. The lowest BCUT2D eigenvalue weighted by atomic mass is 10.0. The Hall–Kier alpha value is -5.67. The minimum absolute atomic E-state index is 0. The third kappa shape index (κ3) is 39.2. The van der Waals surface area contributed by atoms with Crippen molar-refractivity contribution in [2.24, 2.45) is 4.99 Å². The summed E-state index contributed by atoms with van der Waals surface area (Å²) in [6.07, 6.45) is 2.61. The summed E-state index contributed by atoms with van der Waals surface area (Å²) in [6, 6.07) is 0. The van der Waals surface area contributed by atoms with Crippen molar-refractivity contribution < 1.29 is 86.6 Å². The number of nitrogens with zero attached hydrogens (tertiary/aromatic N) is 1. The van der Waals surface area contributed by atoms with Gasteiger partial charge < -0.3 is 54.6 Å². The fourth-order valence-corrected chi connectivity index (χ4v) is 3.51. The molecule has 0 spiro atoms. The van der Waals surface area contributed by atoms with E-state index in [0.29, 0.717) is 44.6 Å². The molecule has 0 unspecified atom stereocenters. The first-order valence-corrected chi connectivity index (χ1v) is 20.8. The summed E-state index contributed by atoms with van der Waals surface area (Å²) in [5.41, 5.74) is -3.91. The highest BCUT2D eigenvalue weighted by molar-refractivity contribution is 5.94. The lowest BCUT2D eigenvalue weighted by Crippen LogP contribution is -2.43. The van der Waals surface area contributed by atoms with Crippen LogP contribution in [0.25, 0.3) is 0 Å². The molecule has 1 aliphatic rings. The van der Waals surface area contributed by atoms with Crippen molar-refractivity contribution >= 4 is 65.4 Å². The SMILES string of the molecule is C.C.C.C.CCC(=O)NCC(=O)O.CCC1=NCC(=O)O1.CCOC(=O)[C@@](C)(CC)OC(=O)CNC(=O)CC.CCOC(=O)[C@@](C)(CC)OC(=O)CNC(=O)CC.CCOC(=O)[C@](C)(O)CC. The molecule has 0 fully saturated rings. The number of carbonyl (C=O) groups is 10. The number of aliphatic carboxylic acids is 1. The average molecular weight is 973 g/mol. The van der Waals surface area contributed by atoms with Crippen molar-refractivity contribution in [3.05, 3.63) is 0 Å². The fourth-order valence-electron chi connectivity index (χ4n) is 3.51. The van der Waals surface area contributed by atoms with Gasteiger partial charge in [0.1, 0.15) is 26.2 Å². The Labute approximate surface area is 399 Å². The number of hydrogen-bond donors (Lipinski definition) is 5. The first-order valence-electron chi connectivity index (χ1n) is 20.8. The molecule has 3 atom stereocenters. The van der Waals surface area contributed by atoms with Gasteiger partial charge in [-0.05, 0) is 60.8 Å². The number of carbonyl (C=O) groups excluding carboxylic acids is 9. The summed E-state index contributed by atoms with van der Waals surface area (Å²) >= 11 is 0. The van der Waals surface area contributed by atoms with Crippen LogP contribution in [0.5, 0.6) is 0 Å². The molecule has 0 aliphatic carbocycles. The zero-order valence-corrected chi connectivity index (χ0v) is 39.3. The molecule has 0 radical (unpaired) electrons. The van der Waals surface area contributed by atoms with Crippen molar-refractivity contribution in [3.63, 3.8) is 0 Å². The number of aliphatic imine (C=N–C) groups is 1. The van der Waals surface area contributed by atoms with Gasteiger partial charge in [-0.3, -0.25) is 28.8 Å². The van der Waals surface area contributed by atoms with Gasteiger partial charge in [-0.2, -0.15) is 0 Å². The molecule has 5 N–H and O–H groups in total. The number of carboxylic acid groups (broad SMARTS) is 1. The number of carboxylic acids is 1. The van der Waals surface area contributed by atoms with Crippen LogP contribution in [0.4, 0.5) is 0 Å². The number of rotatable bonds is 21. The first-order chi connectivity index (χ1) is 29.3. The molecular formula is C45H88N4O18. The Morgan fingerprint density at radius 1 is 0.567 bits per heavy atom. The molecule has 396 valence electrons. The predicted octanol–water partition coefficient (Wildman–Crippen LogP) is 4.78. The number of nitrogens with one attached hydrogen (secondary N) is 3. The Morgan fingerprint density at radius 2 is 0.896 bits per heavy atom. The molecule has 3 amide bonds. The number of aliphatic hydroxyl groups is 1. The molecule has 0 aromatic carbocycles. The fraction of sp³-hybridized carbons (Fsp3) is 0.756. The van der Waals surface area contributed by atoms with Gasteiger partial charge in [0.2, 0.25) is 28.9 Å². The smallest absolute Gasteiger partial charge is 0.350 e. The summed E-state index contributed by atoms with van der Waals surface area (Å²) < 4.78 is 29.1. The lowest BCUT2D eigenvalue weighted by Gasteiger charge is -2.25. The number of hydrogen-bond acceptors (Lipinski definition) is 18. The Balaban J connectivity index is -0.000000111. The molecule has 22 heteroatoms. The van der Waals surface area contributed by atoms with E-state index >= 15 is 0 Å². The summed E-state index contributed by atoms with van der Waals surface area (Å²) in [5, 5.41) is 24.3. The van der Waals surface area contributed by atoms with E-state index in [0.717, 1.165) is 0 Å². The summed E-state index contributed by atoms with van der Waals surface area (Å²) in [4.78, 5) is 113. The second-order valence-corrected chi connectivity index (χ2v) is 13.2. The highest BCUT2D eigenvalue weighted by Crippen LogP contribution is 2.18. The van der Waals surface area contributed by atoms with Gasteiger partial charge in [-0.15, -0.1) is 0 Å². The maximum Gasteiger partial charge on any atom is 0.350 e. The van der Waals surface area contributed by atoms with Crippen LogP contribution in [0.15, 0.2) is 4.99 Å². The van der Waals surface area contributed by atoms with Gasteiger partial charge in [0, 0.05) is 25.7 Å². The third-order valence-electron chi connectivity index (χ3n) is 8.02. The highest BCUT2D eigenvalue weighted by atomic mass is 16.6. The minimum atomic E-state index is -1.31. The standard InChI is InChI=1S/2C12H21NO5.C7H14O3.C5H9NO3.C5H7NO2.4CH4/c2*1-5-9(14)13-8-10(15)18-12(4,6-2)11(16)17-7-3;1-4-7(3,9)6(8)10-5-2;1-2-4(7)6-3-5(8)9;1-2-4-6-3-5(7)8-4;;;;/h2*5-8H2,1-4H3,(H,13,14);9H,4-5H2,1-3H3;2-3H2,1H3,(H,6,7)(H,8,9);2-3H2,1H3;4*1H4/t2*12-;7-;;;;;;/m111....../s1. The van der Waals surface area contributed by atoms with Crippen molar-refractivity contribution in [1.29, 1.82) is 0 Å². The van der Waals surface area contributed by atoms with Gasteiger partial charge in [-0.25, -0.2) is 24.2 Å². The van der Waals surface area contributed by atoms with Crippen molar-refractivity contribution in [3.8, 4) is 0 Å². The minimum Gasteiger partial charge on any atom is -0.480 e. The normalized spacial score (nSPS) is 12.9. The van der Waals surface area contributed by atoms with E-state index in [9.17, 15) is 53.1 Å². The molecule has 22 nitrogen and oxygen atoms in total. The van der Waals surface area contributed by atoms with E-state index in [1.807, 2.05) is 6.92 Å². The van der Waals surface area contributed by atoms with Crippen LogP contribution in [0.3, 0.4) is 0 Å². The van der Waals surface area contributed by atoms with E-state index in [2.05, 4.69) is 30.4 Å². The summed E-state index contributed by atoms with van der Waals surface area (Å²) in [6.45, 7) is 21.8. The molecule has 1 heterocycles. The first kappa shape index (κ1) is 78.5.